The SMILES string of the molecule is OC[C@@H]1CNC[C@H]1C1CCN(Cc2cccc(Cl)c2F)CC1. The number of piperidine rings is 1. The maximum absolute atomic E-state index is 14.0. The lowest BCUT2D eigenvalue weighted by molar-refractivity contribution is 0.107. The Labute approximate surface area is 136 Å². The quantitative estimate of drug-likeness (QED) is 0.892. The van der Waals surface area contributed by atoms with Gasteiger partial charge in [-0.05, 0) is 56.3 Å². The summed E-state index contributed by atoms with van der Waals surface area (Å²) in [6.07, 6.45) is 2.26. The van der Waals surface area contributed by atoms with Gasteiger partial charge < -0.3 is 10.4 Å². The lowest BCUT2D eigenvalue weighted by Crippen LogP contribution is -2.38. The van der Waals surface area contributed by atoms with E-state index in [1.165, 1.54) is 0 Å². The molecule has 2 saturated heterocycles. The molecular weight excluding hydrogens is 303 g/mol. The molecule has 0 unspecified atom stereocenters. The maximum Gasteiger partial charge on any atom is 0.146 e. The largest absolute Gasteiger partial charge is 0.396 e. The van der Waals surface area contributed by atoms with Crippen molar-refractivity contribution in [1.82, 2.24) is 10.2 Å². The van der Waals surface area contributed by atoms with Crippen LogP contribution in [0.3, 0.4) is 0 Å². The van der Waals surface area contributed by atoms with Crippen molar-refractivity contribution < 1.29 is 9.50 Å². The molecule has 2 fully saturated rings. The van der Waals surface area contributed by atoms with Gasteiger partial charge in [0.15, 0.2) is 0 Å². The molecule has 3 rings (SSSR count). The average Bonchev–Trinajstić information content (AvgIpc) is 3.01. The number of hydrogen-bond donors (Lipinski definition) is 2. The summed E-state index contributed by atoms with van der Waals surface area (Å²) in [5.41, 5.74) is 0.682. The normalized spacial score (nSPS) is 27.4. The first-order chi connectivity index (χ1) is 10.7. The zero-order valence-corrected chi connectivity index (χ0v) is 13.5. The van der Waals surface area contributed by atoms with Gasteiger partial charge in [0.1, 0.15) is 5.82 Å². The van der Waals surface area contributed by atoms with Crippen molar-refractivity contribution in [3.05, 3.63) is 34.6 Å². The van der Waals surface area contributed by atoms with E-state index in [1.54, 1.807) is 6.07 Å². The highest BCUT2D eigenvalue weighted by atomic mass is 35.5. The molecule has 5 heteroatoms. The molecule has 0 aliphatic carbocycles. The summed E-state index contributed by atoms with van der Waals surface area (Å²) in [6.45, 7) is 4.86. The molecule has 0 bridgehead atoms. The van der Waals surface area contributed by atoms with Crippen molar-refractivity contribution in [2.45, 2.75) is 19.4 Å². The van der Waals surface area contributed by atoms with Crippen molar-refractivity contribution in [3.8, 4) is 0 Å². The average molecular weight is 327 g/mol. The Hall–Kier alpha value is -0.680. The summed E-state index contributed by atoms with van der Waals surface area (Å²) < 4.78 is 14.0. The summed E-state index contributed by atoms with van der Waals surface area (Å²) >= 11 is 5.85. The Morgan fingerprint density at radius 2 is 2.05 bits per heavy atom. The van der Waals surface area contributed by atoms with Crippen LogP contribution in [0.4, 0.5) is 4.39 Å². The summed E-state index contributed by atoms with van der Waals surface area (Å²) in [7, 11) is 0. The van der Waals surface area contributed by atoms with Crippen molar-refractivity contribution in [1.29, 1.82) is 0 Å². The molecule has 22 heavy (non-hydrogen) atoms. The van der Waals surface area contributed by atoms with Crippen molar-refractivity contribution in [2.75, 3.05) is 32.8 Å². The topological polar surface area (TPSA) is 35.5 Å². The molecule has 2 aliphatic rings. The van der Waals surface area contributed by atoms with Crippen molar-refractivity contribution >= 4 is 11.6 Å². The third-order valence-electron chi connectivity index (χ3n) is 5.29. The van der Waals surface area contributed by atoms with Gasteiger partial charge in [0.25, 0.3) is 0 Å². The number of nitrogens with zero attached hydrogens (tertiary/aromatic N) is 1. The van der Waals surface area contributed by atoms with Crippen molar-refractivity contribution in [2.24, 2.45) is 17.8 Å². The first-order valence-corrected chi connectivity index (χ1v) is 8.53. The predicted octanol–water partition coefficient (Wildman–Crippen LogP) is 2.52. The lowest BCUT2D eigenvalue weighted by Gasteiger charge is -2.36. The summed E-state index contributed by atoms with van der Waals surface area (Å²) in [5.74, 6) is 1.39. The van der Waals surface area contributed by atoms with Crippen LogP contribution in [-0.2, 0) is 6.54 Å². The highest BCUT2D eigenvalue weighted by molar-refractivity contribution is 6.30. The van der Waals surface area contributed by atoms with Crippen LogP contribution in [0.1, 0.15) is 18.4 Å². The Morgan fingerprint density at radius 1 is 1.27 bits per heavy atom. The smallest absolute Gasteiger partial charge is 0.146 e. The van der Waals surface area contributed by atoms with Gasteiger partial charge in [0.05, 0.1) is 5.02 Å². The molecule has 3 nitrogen and oxygen atoms in total. The second-order valence-corrected chi connectivity index (χ2v) is 7.00. The first-order valence-electron chi connectivity index (χ1n) is 8.16. The number of halogens is 2. The van der Waals surface area contributed by atoms with Gasteiger partial charge in [-0.2, -0.15) is 0 Å². The predicted molar refractivity (Wildman–Crippen MR) is 86.3 cm³/mol. The maximum atomic E-state index is 14.0. The molecule has 0 amide bonds. The zero-order valence-electron chi connectivity index (χ0n) is 12.8. The van der Waals surface area contributed by atoms with Gasteiger partial charge in [-0.15, -0.1) is 0 Å². The third-order valence-corrected chi connectivity index (χ3v) is 5.58. The third kappa shape index (κ3) is 3.46. The van der Waals surface area contributed by atoms with E-state index in [-0.39, 0.29) is 17.4 Å². The number of aliphatic hydroxyl groups is 1. The van der Waals surface area contributed by atoms with E-state index in [9.17, 15) is 9.50 Å². The van der Waals surface area contributed by atoms with E-state index in [1.807, 2.05) is 12.1 Å². The minimum absolute atomic E-state index is 0.204. The monoisotopic (exact) mass is 326 g/mol. The van der Waals surface area contributed by atoms with Gasteiger partial charge in [-0.25, -0.2) is 4.39 Å². The fourth-order valence-electron chi connectivity index (χ4n) is 3.96. The van der Waals surface area contributed by atoms with Crippen LogP contribution in [0.25, 0.3) is 0 Å². The van der Waals surface area contributed by atoms with E-state index >= 15 is 0 Å². The van der Waals surface area contributed by atoms with E-state index in [2.05, 4.69) is 10.2 Å². The van der Waals surface area contributed by atoms with Crippen LogP contribution in [0.2, 0.25) is 5.02 Å². The lowest BCUT2D eigenvalue weighted by atomic mass is 9.79. The number of benzene rings is 1. The Morgan fingerprint density at radius 3 is 2.77 bits per heavy atom. The molecule has 122 valence electrons. The number of rotatable bonds is 4. The molecule has 1 aromatic carbocycles. The number of hydrogen-bond acceptors (Lipinski definition) is 3. The summed E-state index contributed by atoms with van der Waals surface area (Å²) in [4.78, 5) is 2.31. The highest BCUT2D eigenvalue weighted by Gasteiger charge is 2.34. The van der Waals surface area contributed by atoms with E-state index in [4.69, 9.17) is 11.6 Å². The van der Waals surface area contributed by atoms with Crippen LogP contribution >= 0.6 is 11.6 Å². The zero-order chi connectivity index (χ0) is 15.5. The molecule has 2 aliphatic heterocycles. The molecule has 0 radical (unpaired) electrons. The first kappa shape index (κ1) is 16.2. The second-order valence-electron chi connectivity index (χ2n) is 6.59. The Balaban J connectivity index is 1.54. The van der Waals surface area contributed by atoms with Crippen LogP contribution in [0, 0.1) is 23.6 Å². The molecule has 0 saturated carbocycles. The highest BCUT2D eigenvalue weighted by Crippen LogP contribution is 2.33. The molecule has 2 N–H and O–H groups in total. The Kier molecular flexibility index (Phi) is 5.34. The van der Waals surface area contributed by atoms with Gasteiger partial charge in [-0.1, -0.05) is 23.7 Å². The van der Waals surface area contributed by atoms with Gasteiger partial charge in [-0.3, -0.25) is 4.90 Å². The van der Waals surface area contributed by atoms with Gasteiger partial charge in [0, 0.05) is 25.3 Å². The molecule has 2 heterocycles. The minimum atomic E-state index is -0.286. The standard InChI is InChI=1S/C17H24ClFN2O/c18-16-3-1-2-13(17(16)19)10-21-6-4-12(5-7-21)15-9-20-8-14(15)11-22/h1-3,12,14-15,20,22H,4-11H2/t14-,15-/m0/s1. The second kappa shape index (κ2) is 7.26. The van der Waals surface area contributed by atoms with E-state index < -0.39 is 0 Å². The van der Waals surface area contributed by atoms with E-state index in [0.29, 0.717) is 29.9 Å². The van der Waals surface area contributed by atoms with Crippen molar-refractivity contribution in [3.63, 3.8) is 0 Å². The fourth-order valence-corrected chi connectivity index (χ4v) is 4.15. The minimum Gasteiger partial charge on any atom is -0.396 e. The molecule has 0 aromatic heterocycles. The van der Waals surface area contributed by atoms with E-state index in [0.717, 1.165) is 39.0 Å². The molecule has 1 aromatic rings. The summed E-state index contributed by atoms with van der Waals surface area (Å²) in [6, 6.07) is 5.22. The fraction of sp³-hybridized carbons (Fsp3) is 0.647. The number of likely N-dealkylation sites (tertiary alicyclic amines) is 1. The molecule has 2 atom stereocenters. The number of aliphatic hydroxyl groups excluding tert-OH is 1. The van der Waals surface area contributed by atoms with Crippen LogP contribution in [-0.4, -0.2) is 42.8 Å². The van der Waals surface area contributed by atoms with Crippen LogP contribution in [0.15, 0.2) is 18.2 Å². The van der Waals surface area contributed by atoms with Crippen LogP contribution in [0.5, 0.6) is 0 Å². The molecule has 0 spiro atoms. The van der Waals surface area contributed by atoms with Crippen LogP contribution < -0.4 is 5.32 Å². The number of nitrogens with one attached hydrogen (secondary N) is 1. The van der Waals surface area contributed by atoms with Gasteiger partial charge in [0.2, 0.25) is 0 Å². The molecular formula is C17H24ClFN2O. The van der Waals surface area contributed by atoms with Gasteiger partial charge >= 0.3 is 0 Å². The summed E-state index contributed by atoms with van der Waals surface area (Å²) in [5, 5.41) is 13.1. The Bertz CT molecular complexity index is 505.